The van der Waals surface area contributed by atoms with Gasteiger partial charge >= 0.3 is 0 Å². The molecular weight excluding hydrogens is 368 g/mol. The minimum absolute atomic E-state index is 0.0137. The Hall–Kier alpha value is -3.33. The van der Waals surface area contributed by atoms with Crippen molar-refractivity contribution in [2.75, 3.05) is 10.6 Å². The first-order valence-electron chi connectivity index (χ1n) is 8.08. The van der Waals surface area contributed by atoms with Crippen molar-refractivity contribution in [1.29, 1.82) is 0 Å². The number of amides is 2. The molecule has 0 aliphatic rings. The van der Waals surface area contributed by atoms with Crippen LogP contribution in [0.4, 0.5) is 17.1 Å². The second kappa shape index (κ2) is 8.86. The molecule has 3 N–H and O–H groups in total. The number of carbonyl (C=O) groups is 2. The highest BCUT2D eigenvalue weighted by Gasteiger charge is 2.20. The first kappa shape index (κ1) is 20.0. The molecule has 0 saturated carbocycles. The fourth-order valence-electron chi connectivity index (χ4n) is 2.29. The third-order valence-corrected chi connectivity index (χ3v) is 3.95. The zero-order chi connectivity index (χ0) is 20.0. The zero-order valence-corrected chi connectivity index (χ0v) is 15.6. The van der Waals surface area contributed by atoms with Crippen molar-refractivity contribution < 1.29 is 14.5 Å². The number of nitrogens with one attached hydrogen (secondary N) is 3. The lowest BCUT2D eigenvalue weighted by Gasteiger charge is -2.15. The number of hydrogen-bond acceptors (Lipinski definition) is 5. The first-order chi connectivity index (χ1) is 12.8. The summed E-state index contributed by atoms with van der Waals surface area (Å²) in [6.45, 7) is 3.54. The number of thiocarbonyl (C=S) groups is 1. The van der Waals surface area contributed by atoms with Crippen molar-refractivity contribution in [3.63, 3.8) is 0 Å². The molecule has 2 rings (SSSR count). The molecule has 0 fully saturated rings. The molecule has 0 aliphatic heterocycles. The summed E-state index contributed by atoms with van der Waals surface area (Å²) in [6.07, 6.45) is 0.349. The predicted molar refractivity (Wildman–Crippen MR) is 107 cm³/mol. The van der Waals surface area contributed by atoms with Crippen LogP contribution < -0.4 is 16.0 Å². The van der Waals surface area contributed by atoms with Crippen LogP contribution in [0.1, 0.15) is 29.3 Å². The number of nitro groups is 1. The van der Waals surface area contributed by atoms with E-state index in [4.69, 9.17) is 12.2 Å². The van der Waals surface area contributed by atoms with Crippen molar-refractivity contribution in [3.05, 3.63) is 63.7 Å². The van der Waals surface area contributed by atoms with E-state index in [1.807, 2.05) is 0 Å². The van der Waals surface area contributed by atoms with Gasteiger partial charge in [-0.1, -0.05) is 25.1 Å². The summed E-state index contributed by atoms with van der Waals surface area (Å²) in [5.74, 6) is -0.810. The van der Waals surface area contributed by atoms with Gasteiger partial charge in [0.05, 0.1) is 4.92 Å². The minimum Gasteiger partial charge on any atom is -0.332 e. The fourth-order valence-corrected chi connectivity index (χ4v) is 2.50. The molecule has 140 valence electrons. The Kier molecular flexibility index (Phi) is 6.56. The maximum atomic E-state index is 12.3. The lowest BCUT2D eigenvalue weighted by Crippen LogP contribution is -2.34. The highest BCUT2D eigenvalue weighted by molar-refractivity contribution is 7.80. The van der Waals surface area contributed by atoms with Crippen molar-refractivity contribution in [2.24, 2.45) is 0 Å². The SMILES string of the molecule is CCC(=O)Nc1cccc(NC(=S)NC(=O)c2ccccc2[N+](=O)[O-])c1C. The van der Waals surface area contributed by atoms with E-state index in [2.05, 4.69) is 16.0 Å². The van der Waals surface area contributed by atoms with Crippen LogP contribution in [-0.4, -0.2) is 21.9 Å². The molecule has 2 amide bonds. The molecule has 0 aliphatic carbocycles. The molecule has 0 spiro atoms. The van der Waals surface area contributed by atoms with Gasteiger partial charge in [0.15, 0.2) is 5.11 Å². The average Bonchev–Trinajstić information content (AvgIpc) is 2.64. The van der Waals surface area contributed by atoms with Crippen molar-refractivity contribution in [1.82, 2.24) is 5.32 Å². The maximum absolute atomic E-state index is 12.3. The molecule has 9 heteroatoms. The Morgan fingerprint density at radius 3 is 2.33 bits per heavy atom. The lowest BCUT2D eigenvalue weighted by atomic mass is 10.1. The second-order valence-corrected chi connectivity index (χ2v) is 5.97. The smallest absolute Gasteiger partial charge is 0.282 e. The lowest BCUT2D eigenvalue weighted by molar-refractivity contribution is -0.385. The van der Waals surface area contributed by atoms with Crippen LogP contribution in [0, 0.1) is 17.0 Å². The number of nitrogens with zero attached hydrogens (tertiary/aromatic N) is 1. The van der Waals surface area contributed by atoms with E-state index in [1.54, 1.807) is 32.0 Å². The van der Waals surface area contributed by atoms with Gasteiger partial charge in [0, 0.05) is 23.9 Å². The van der Waals surface area contributed by atoms with Crippen LogP contribution >= 0.6 is 12.2 Å². The first-order valence-corrected chi connectivity index (χ1v) is 8.49. The van der Waals surface area contributed by atoms with Crippen LogP contribution in [0.15, 0.2) is 42.5 Å². The highest BCUT2D eigenvalue weighted by Crippen LogP contribution is 2.23. The molecule has 0 atom stereocenters. The molecule has 0 radical (unpaired) electrons. The Labute approximate surface area is 161 Å². The number of carbonyl (C=O) groups excluding carboxylic acids is 2. The van der Waals surface area contributed by atoms with Crippen molar-refractivity contribution >= 4 is 46.2 Å². The zero-order valence-electron chi connectivity index (χ0n) is 14.7. The molecule has 2 aromatic rings. The van der Waals surface area contributed by atoms with Crippen molar-refractivity contribution in [3.8, 4) is 0 Å². The number of nitro benzene ring substituents is 1. The number of anilines is 2. The van der Waals surface area contributed by atoms with Gasteiger partial charge < -0.3 is 10.6 Å². The van der Waals surface area contributed by atoms with Gasteiger partial charge in [-0.2, -0.15) is 0 Å². The summed E-state index contributed by atoms with van der Waals surface area (Å²) < 4.78 is 0. The Morgan fingerprint density at radius 2 is 1.70 bits per heavy atom. The molecule has 27 heavy (non-hydrogen) atoms. The summed E-state index contributed by atoms with van der Waals surface area (Å²) >= 11 is 5.13. The summed E-state index contributed by atoms with van der Waals surface area (Å²) in [6, 6.07) is 10.8. The van der Waals surface area contributed by atoms with E-state index in [1.165, 1.54) is 24.3 Å². The van der Waals surface area contributed by atoms with E-state index < -0.39 is 10.8 Å². The molecule has 0 heterocycles. The third kappa shape index (κ3) is 5.08. The van der Waals surface area contributed by atoms with E-state index in [0.717, 1.165) is 5.56 Å². The van der Waals surface area contributed by atoms with E-state index in [-0.39, 0.29) is 22.3 Å². The summed E-state index contributed by atoms with van der Waals surface area (Å²) in [7, 11) is 0. The molecule has 0 unspecified atom stereocenters. The Morgan fingerprint density at radius 1 is 1.07 bits per heavy atom. The van der Waals surface area contributed by atoms with Crippen LogP contribution in [0.5, 0.6) is 0 Å². The topological polar surface area (TPSA) is 113 Å². The largest absolute Gasteiger partial charge is 0.332 e. The van der Waals surface area contributed by atoms with Gasteiger partial charge in [-0.05, 0) is 42.9 Å². The fraction of sp³-hybridized carbons (Fsp3) is 0.167. The summed E-state index contributed by atoms with van der Waals surface area (Å²) in [4.78, 5) is 34.3. The average molecular weight is 386 g/mol. The summed E-state index contributed by atoms with van der Waals surface area (Å²) in [5.41, 5.74) is 1.56. The summed E-state index contributed by atoms with van der Waals surface area (Å²) in [5, 5.41) is 19.1. The van der Waals surface area contributed by atoms with Gasteiger partial charge in [0.25, 0.3) is 11.6 Å². The van der Waals surface area contributed by atoms with Gasteiger partial charge in [0.2, 0.25) is 5.91 Å². The number of benzene rings is 2. The minimum atomic E-state index is -0.687. The van der Waals surface area contributed by atoms with E-state index in [0.29, 0.717) is 17.8 Å². The maximum Gasteiger partial charge on any atom is 0.282 e. The monoisotopic (exact) mass is 386 g/mol. The van der Waals surface area contributed by atoms with E-state index in [9.17, 15) is 19.7 Å². The van der Waals surface area contributed by atoms with Gasteiger partial charge in [0.1, 0.15) is 5.56 Å². The molecule has 8 nitrogen and oxygen atoms in total. The van der Waals surface area contributed by atoms with Crippen LogP contribution in [0.2, 0.25) is 0 Å². The molecule has 2 aromatic carbocycles. The quantitative estimate of drug-likeness (QED) is 0.412. The normalized spacial score (nSPS) is 10.0. The highest BCUT2D eigenvalue weighted by atomic mass is 32.1. The Bertz CT molecular complexity index is 914. The number of para-hydroxylation sites is 1. The van der Waals surface area contributed by atoms with Gasteiger partial charge in [-0.15, -0.1) is 0 Å². The standard InChI is InChI=1S/C18H18N4O4S/c1-3-16(23)19-13-8-6-9-14(11(13)2)20-18(27)21-17(24)12-7-4-5-10-15(12)22(25)26/h4-10H,3H2,1-2H3,(H,19,23)(H2,20,21,24,27). The molecule has 0 aromatic heterocycles. The third-order valence-electron chi connectivity index (χ3n) is 3.75. The van der Waals surface area contributed by atoms with Crippen molar-refractivity contribution in [2.45, 2.75) is 20.3 Å². The van der Waals surface area contributed by atoms with Crippen LogP contribution in [0.25, 0.3) is 0 Å². The van der Waals surface area contributed by atoms with E-state index >= 15 is 0 Å². The van der Waals surface area contributed by atoms with Gasteiger partial charge in [-0.3, -0.25) is 25.0 Å². The molecule has 0 bridgehead atoms. The van der Waals surface area contributed by atoms with Crippen LogP contribution in [-0.2, 0) is 4.79 Å². The van der Waals surface area contributed by atoms with Crippen LogP contribution in [0.3, 0.4) is 0 Å². The molecule has 0 saturated heterocycles. The number of rotatable bonds is 5. The van der Waals surface area contributed by atoms with Gasteiger partial charge in [-0.25, -0.2) is 0 Å². The molecular formula is C18H18N4O4S. The second-order valence-electron chi connectivity index (χ2n) is 5.56. The Balaban J connectivity index is 2.12. The number of hydrogen-bond donors (Lipinski definition) is 3. The predicted octanol–water partition coefficient (Wildman–Crippen LogP) is 3.38.